The Hall–Kier alpha value is -3.28. The first-order chi connectivity index (χ1) is 13.1. The Balaban J connectivity index is 1.61. The smallest absolute Gasteiger partial charge is 0.319 e. The number of nitrogens with one attached hydrogen (secondary N) is 2. The monoisotopic (exact) mass is 365 g/mol. The summed E-state index contributed by atoms with van der Waals surface area (Å²) < 4.78 is 6.89. The number of benzene rings is 2. The third kappa shape index (κ3) is 4.47. The van der Waals surface area contributed by atoms with Crippen molar-refractivity contribution in [2.45, 2.75) is 13.3 Å². The maximum Gasteiger partial charge on any atom is 0.319 e. The summed E-state index contributed by atoms with van der Waals surface area (Å²) in [5, 5.41) is 6.99. The van der Waals surface area contributed by atoms with Gasteiger partial charge in [-0.25, -0.2) is 4.79 Å². The fraction of sp³-hybridized carbons (Fsp3) is 0.238. The number of fused-ring (bicyclic) bond motifs is 1. The summed E-state index contributed by atoms with van der Waals surface area (Å²) in [4.78, 5) is 24.4. The van der Waals surface area contributed by atoms with E-state index in [1.165, 1.54) is 4.57 Å². The first kappa shape index (κ1) is 18.5. The predicted molar refractivity (Wildman–Crippen MR) is 108 cm³/mol. The van der Waals surface area contributed by atoms with Crippen molar-refractivity contribution in [1.29, 1.82) is 0 Å². The highest BCUT2D eigenvalue weighted by Crippen LogP contribution is 2.19. The Kier molecular flexibility index (Phi) is 5.76. The molecule has 2 aromatic carbocycles. The summed E-state index contributed by atoms with van der Waals surface area (Å²) in [6.45, 7) is 3.09. The summed E-state index contributed by atoms with van der Waals surface area (Å²) >= 11 is 0. The van der Waals surface area contributed by atoms with Crippen LogP contribution in [-0.2, 0) is 13.5 Å². The van der Waals surface area contributed by atoms with Crippen molar-refractivity contribution in [3.05, 3.63) is 70.6 Å². The van der Waals surface area contributed by atoms with Crippen LogP contribution in [0, 0.1) is 0 Å². The van der Waals surface area contributed by atoms with Crippen molar-refractivity contribution < 1.29 is 9.53 Å². The molecule has 0 bridgehead atoms. The average Bonchev–Trinajstić information content (AvgIpc) is 2.67. The molecule has 0 saturated carbocycles. The van der Waals surface area contributed by atoms with Crippen molar-refractivity contribution in [1.82, 2.24) is 9.88 Å². The minimum absolute atomic E-state index is 0.0907. The Morgan fingerprint density at radius 3 is 2.48 bits per heavy atom. The second kappa shape index (κ2) is 8.40. The summed E-state index contributed by atoms with van der Waals surface area (Å²) in [7, 11) is 1.67. The zero-order chi connectivity index (χ0) is 19.2. The minimum atomic E-state index is -0.301. The fourth-order valence-electron chi connectivity index (χ4n) is 2.92. The van der Waals surface area contributed by atoms with Crippen molar-refractivity contribution in [2.24, 2.45) is 7.05 Å². The summed E-state index contributed by atoms with van der Waals surface area (Å²) in [6.07, 6.45) is 2.35. The van der Waals surface area contributed by atoms with Gasteiger partial charge < -0.3 is 19.9 Å². The van der Waals surface area contributed by atoms with Crippen LogP contribution in [0.1, 0.15) is 12.5 Å². The molecule has 6 heteroatoms. The SMILES string of the molecule is CCOc1ccc(CCNC(=O)Nc2cn(C)c(=O)c3ccccc23)cc1. The number of amides is 2. The van der Waals surface area contributed by atoms with Gasteiger partial charge in [-0.2, -0.15) is 0 Å². The van der Waals surface area contributed by atoms with Gasteiger partial charge in [0.25, 0.3) is 5.56 Å². The van der Waals surface area contributed by atoms with Gasteiger partial charge in [-0.05, 0) is 37.1 Å². The maximum absolute atomic E-state index is 12.3. The van der Waals surface area contributed by atoms with Crippen molar-refractivity contribution in [3.63, 3.8) is 0 Å². The lowest BCUT2D eigenvalue weighted by Crippen LogP contribution is -2.31. The van der Waals surface area contributed by atoms with Crippen LogP contribution in [0.15, 0.2) is 59.5 Å². The summed E-state index contributed by atoms with van der Waals surface area (Å²) in [5.74, 6) is 0.841. The highest BCUT2D eigenvalue weighted by molar-refractivity contribution is 6.00. The van der Waals surface area contributed by atoms with Gasteiger partial charge in [0, 0.05) is 30.6 Å². The molecule has 0 spiro atoms. The number of aromatic nitrogens is 1. The van der Waals surface area contributed by atoms with Crippen LogP contribution in [0.2, 0.25) is 0 Å². The highest BCUT2D eigenvalue weighted by Gasteiger charge is 2.09. The second-order valence-corrected chi connectivity index (χ2v) is 6.21. The van der Waals surface area contributed by atoms with Crippen LogP contribution in [0.3, 0.4) is 0 Å². The number of hydrogen-bond acceptors (Lipinski definition) is 3. The Morgan fingerprint density at radius 1 is 1.07 bits per heavy atom. The maximum atomic E-state index is 12.3. The zero-order valence-corrected chi connectivity index (χ0v) is 15.5. The molecular formula is C21H23N3O3. The molecule has 3 aromatic rings. The lowest BCUT2D eigenvalue weighted by molar-refractivity contribution is 0.252. The quantitative estimate of drug-likeness (QED) is 0.704. The van der Waals surface area contributed by atoms with Gasteiger partial charge in [-0.1, -0.05) is 30.3 Å². The number of carbonyl (C=O) groups is 1. The van der Waals surface area contributed by atoms with Crippen molar-refractivity contribution >= 4 is 22.5 Å². The first-order valence-electron chi connectivity index (χ1n) is 8.93. The predicted octanol–water partition coefficient (Wildman–Crippen LogP) is 3.30. The van der Waals surface area contributed by atoms with E-state index in [1.807, 2.05) is 49.4 Å². The second-order valence-electron chi connectivity index (χ2n) is 6.21. The van der Waals surface area contributed by atoms with E-state index in [0.29, 0.717) is 30.6 Å². The summed E-state index contributed by atoms with van der Waals surface area (Å²) in [5.41, 5.74) is 1.63. The molecule has 1 heterocycles. The Morgan fingerprint density at radius 2 is 1.78 bits per heavy atom. The van der Waals surface area contributed by atoms with Gasteiger partial charge in [0.15, 0.2) is 0 Å². The lowest BCUT2D eigenvalue weighted by atomic mass is 10.1. The molecule has 0 aliphatic heterocycles. The topological polar surface area (TPSA) is 72.4 Å². The molecule has 0 saturated heterocycles. The zero-order valence-electron chi connectivity index (χ0n) is 15.5. The van der Waals surface area contributed by atoms with Gasteiger partial charge in [0.1, 0.15) is 5.75 Å². The highest BCUT2D eigenvalue weighted by atomic mass is 16.5. The number of urea groups is 1. The van der Waals surface area contributed by atoms with E-state index in [9.17, 15) is 9.59 Å². The lowest BCUT2D eigenvalue weighted by Gasteiger charge is -2.12. The van der Waals surface area contributed by atoms with Crippen molar-refractivity contribution in [3.8, 4) is 5.75 Å². The number of nitrogens with zero attached hydrogens (tertiary/aromatic N) is 1. The number of ether oxygens (including phenoxy) is 1. The number of carbonyl (C=O) groups excluding carboxylic acids is 1. The van der Waals surface area contributed by atoms with Gasteiger partial charge in [0.05, 0.1) is 12.3 Å². The molecule has 0 radical (unpaired) electrons. The van der Waals surface area contributed by atoms with E-state index in [1.54, 1.807) is 19.3 Å². The summed E-state index contributed by atoms with van der Waals surface area (Å²) in [6, 6.07) is 14.8. The van der Waals surface area contributed by atoms with Gasteiger partial charge in [-0.3, -0.25) is 4.79 Å². The molecule has 2 amide bonds. The largest absolute Gasteiger partial charge is 0.494 e. The fourth-order valence-corrected chi connectivity index (χ4v) is 2.92. The van der Waals surface area contributed by atoms with Crippen molar-refractivity contribution in [2.75, 3.05) is 18.5 Å². The standard InChI is InChI=1S/C21H23N3O3/c1-3-27-16-10-8-15(9-11-16)12-13-22-21(26)23-19-14-24(2)20(25)18-7-5-4-6-17(18)19/h4-11,14H,3,12-13H2,1-2H3,(H2,22,23,26). The minimum Gasteiger partial charge on any atom is -0.494 e. The van der Waals surface area contributed by atoms with E-state index in [4.69, 9.17) is 4.74 Å². The third-order valence-corrected chi connectivity index (χ3v) is 4.27. The van der Waals surface area contributed by atoms with Crippen LogP contribution in [0.4, 0.5) is 10.5 Å². The molecule has 0 aliphatic rings. The molecule has 6 nitrogen and oxygen atoms in total. The van der Waals surface area contributed by atoms with Crippen LogP contribution in [-0.4, -0.2) is 23.7 Å². The molecule has 0 atom stereocenters. The molecule has 140 valence electrons. The molecule has 0 unspecified atom stereocenters. The van der Waals surface area contributed by atoms with E-state index in [2.05, 4.69) is 10.6 Å². The number of anilines is 1. The molecule has 0 aliphatic carbocycles. The third-order valence-electron chi connectivity index (χ3n) is 4.27. The van der Waals surface area contributed by atoms with Gasteiger partial charge in [-0.15, -0.1) is 0 Å². The van der Waals surface area contributed by atoms with Crippen LogP contribution < -0.4 is 20.9 Å². The molecule has 3 rings (SSSR count). The molecule has 2 N–H and O–H groups in total. The van der Waals surface area contributed by atoms with E-state index in [0.717, 1.165) is 16.7 Å². The number of aryl methyl sites for hydroxylation is 1. The molecular weight excluding hydrogens is 342 g/mol. The Labute approximate surface area is 157 Å². The molecule has 0 fully saturated rings. The van der Waals surface area contributed by atoms with E-state index in [-0.39, 0.29) is 11.6 Å². The normalized spacial score (nSPS) is 10.6. The molecule has 27 heavy (non-hydrogen) atoms. The van der Waals surface area contributed by atoms with Gasteiger partial charge in [0.2, 0.25) is 0 Å². The number of hydrogen-bond donors (Lipinski definition) is 2. The Bertz CT molecular complexity index is 994. The molecule has 1 aromatic heterocycles. The van der Waals surface area contributed by atoms with Crippen LogP contribution in [0.5, 0.6) is 5.75 Å². The number of pyridine rings is 1. The van der Waals surface area contributed by atoms with E-state index < -0.39 is 0 Å². The van der Waals surface area contributed by atoms with Gasteiger partial charge >= 0.3 is 6.03 Å². The van der Waals surface area contributed by atoms with Crippen LogP contribution >= 0.6 is 0 Å². The van der Waals surface area contributed by atoms with Crippen LogP contribution in [0.25, 0.3) is 10.8 Å². The number of rotatable bonds is 6. The first-order valence-corrected chi connectivity index (χ1v) is 8.93. The average molecular weight is 365 g/mol. The van der Waals surface area contributed by atoms with E-state index >= 15 is 0 Å².